The Labute approximate surface area is 75.8 Å². The average molecular weight is 197 g/mol. The molecule has 0 unspecified atom stereocenters. The minimum Gasteiger partial charge on any atom is -0.372 e. The molecule has 0 rings (SSSR count). The van der Waals surface area contributed by atoms with Gasteiger partial charge in [-0.2, -0.15) is 13.2 Å². The molecule has 1 N–H and O–H groups in total. The Morgan fingerprint density at radius 2 is 2.08 bits per heavy atom. The molecule has 78 valence electrons. The fourth-order valence-electron chi connectivity index (χ4n) is 0.691. The summed E-state index contributed by atoms with van der Waals surface area (Å²) in [6, 6.07) is 0. The maximum absolute atomic E-state index is 11.5. The van der Waals surface area contributed by atoms with Gasteiger partial charge in [-0.05, 0) is 13.0 Å². The third-order valence-corrected chi connectivity index (χ3v) is 1.20. The van der Waals surface area contributed by atoms with E-state index in [-0.39, 0.29) is 6.61 Å². The normalized spacial score (nSPS) is 11.6. The number of hydrogen-bond acceptors (Lipinski definition) is 2. The summed E-state index contributed by atoms with van der Waals surface area (Å²) in [6.07, 6.45) is -1.95. The van der Waals surface area contributed by atoms with Crippen LogP contribution in [-0.4, -0.2) is 32.5 Å². The van der Waals surface area contributed by atoms with Crippen molar-refractivity contribution in [3.05, 3.63) is 12.7 Å². The summed E-state index contributed by atoms with van der Waals surface area (Å²) in [6.45, 7) is 3.76. The van der Waals surface area contributed by atoms with Gasteiger partial charge in [0.15, 0.2) is 0 Å². The molecule has 0 aliphatic carbocycles. The second-order valence-corrected chi connectivity index (χ2v) is 2.51. The summed E-state index contributed by atoms with van der Waals surface area (Å²) in [7, 11) is 0. The van der Waals surface area contributed by atoms with Crippen molar-refractivity contribution < 1.29 is 17.9 Å². The standard InChI is InChI=1S/C8H14F3NO/c1-2-4-12-5-3-6-13-7-8(9,10)11/h2,12H,1,3-7H2. The first-order valence-electron chi connectivity index (χ1n) is 4.02. The van der Waals surface area contributed by atoms with Gasteiger partial charge < -0.3 is 10.1 Å². The lowest BCUT2D eigenvalue weighted by molar-refractivity contribution is -0.173. The van der Waals surface area contributed by atoms with Crippen molar-refractivity contribution >= 4 is 0 Å². The molecule has 0 radical (unpaired) electrons. The van der Waals surface area contributed by atoms with Crippen LogP contribution in [0.2, 0.25) is 0 Å². The number of rotatable bonds is 7. The lowest BCUT2D eigenvalue weighted by atomic mass is 10.4. The van der Waals surface area contributed by atoms with Gasteiger partial charge in [-0.15, -0.1) is 6.58 Å². The molecule has 0 aliphatic rings. The van der Waals surface area contributed by atoms with Crippen molar-refractivity contribution in [2.75, 3.05) is 26.3 Å². The summed E-state index contributed by atoms with van der Waals surface area (Å²) in [5, 5.41) is 2.95. The number of halogens is 3. The van der Waals surface area contributed by atoms with E-state index >= 15 is 0 Å². The summed E-state index contributed by atoms with van der Waals surface area (Å²) < 4.78 is 39.0. The van der Waals surface area contributed by atoms with E-state index in [1.54, 1.807) is 6.08 Å². The molecule has 0 saturated carbocycles. The average Bonchev–Trinajstić information content (AvgIpc) is 2.01. The van der Waals surface area contributed by atoms with Crippen LogP contribution in [0.4, 0.5) is 13.2 Å². The Morgan fingerprint density at radius 1 is 1.38 bits per heavy atom. The van der Waals surface area contributed by atoms with Gasteiger partial charge in [0.2, 0.25) is 0 Å². The highest BCUT2D eigenvalue weighted by Gasteiger charge is 2.26. The Kier molecular flexibility index (Phi) is 6.62. The molecule has 0 aliphatic heterocycles. The minimum atomic E-state index is -4.21. The molecule has 2 nitrogen and oxygen atoms in total. The smallest absolute Gasteiger partial charge is 0.372 e. The highest BCUT2D eigenvalue weighted by atomic mass is 19.4. The Bertz CT molecular complexity index is 136. The van der Waals surface area contributed by atoms with Crippen LogP contribution >= 0.6 is 0 Å². The first kappa shape index (κ1) is 12.4. The van der Waals surface area contributed by atoms with Gasteiger partial charge in [0.25, 0.3) is 0 Å². The van der Waals surface area contributed by atoms with Crippen LogP contribution in [0.1, 0.15) is 6.42 Å². The molecule has 0 atom stereocenters. The SMILES string of the molecule is C=CCNCCCOCC(F)(F)F. The predicted octanol–water partition coefficient (Wildman–Crippen LogP) is 1.73. The molecule has 5 heteroatoms. The van der Waals surface area contributed by atoms with Crippen LogP contribution in [-0.2, 0) is 4.74 Å². The van der Waals surface area contributed by atoms with E-state index in [4.69, 9.17) is 0 Å². The van der Waals surface area contributed by atoms with Gasteiger partial charge in [-0.1, -0.05) is 6.08 Å². The van der Waals surface area contributed by atoms with Crippen molar-refractivity contribution in [1.82, 2.24) is 5.32 Å². The van der Waals surface area contributed by atoms with Gasteiger partial charge >= 0.3 is 6.18 Å². The van der Waals surface area contributed by atoms with E-state index in [2.05, 4.69) is 16.6 Å². The number of hydrogen-bond donors (Lipinski definition) is 1. The monoisotopic (exact) mass is 197 g/mol. The first-order chi connectivity index (χ1) is 6.06. The Hall–Kier alpha value is -0.550. The van der Waals surface area contributed by atoms with E-state index in [0.29, 0.717) is 19.5 Å². The highest BCUT2D eigenvalue weighted by molar-refractivity contribution is 4.69. The van der Waals surface area contributed by atoms with Crippen LogP contribution in [0.5, 0.6) is 0 Å². The first-order valence-corrected chi connectivity index (χ1v) is 4.02. The van der Waals surface area contributed by atoms with Gasteiger partial charge in [0.05, 0.1) is 0 Å². The van der Waals surface area contributed by atoms with Gasteiger partial charge in [-0.25, -0.2) is 0 Å². The van der Waals surface area contributed by atoms with Gasteiger partial charge in [-0.3, -0.25) is 0 Å². The molecular formula is C8H14F3NO. The zero-order valence-electron chi connectivity index (χ0n) is 7.36. The number of nitrogens with one attached hydrogen (secondary N) is 1. The van der Waals surface area contributed by atoms with Crippen LogP contribution in [0, 0.1) is 0 Å². The summed E-state index contributed by atoms with van der Waals surface area (Å²) in [5.74, 6) is 0. The Balaban J connectivity index is 3.04. The maximum Gasteiger partial charge on any atom is 0.411 e. The molecule has 0 saturated heterocycles. The van der Waals surface area contributed by atoms with Crippen molar-refractivity contribution in [1.29, 1.82) is 0 Å². The topological polar surface area (TPSA) is 21.3 Å². The van der Waals surface area contributed by atoms with E-state index in [9.17, 15) is 13.2 Å². The molecule has 13 heavy (non-hydrogen) atoms. The van der Waals surface area contributed by atoms with E-state index in [0.717, 1.165) is 0 Å². The maximum atomic E-state index is 11.5. The Morgan fingerprint density at radius 3 is 2.62 bits per heavy atom. The molecule has 0 heterocycles. The minimum absolute atomic E-state index is 0.129. The summed E-state index contributed by atoms with van der Waals surface area (Å²) >= 11 is 0. The van der Waals surface area contributed by atoms with Crippen LogP contribution in [0.15, 0.2) is 12.7 Å². The molecule has 0 fully saturated rings. The van der Waals surface area contributed by atoms with Crippen molar-refractivity contribution in [3.8, 4) is 0 Å². The van der Waals surface area contributed by atoms with Crippen molar-refractivity contribution in [2.24, 2.45) is 0 Å². The van der Waals surface area contributed by atoms with Crippen molar-refractivity contribution in [2.45, 2.75) is 12.6 Å². The second kappa shape index (κ2) is 6.91. The number of ether oxygens (including phenoxy) is 1. The molecule has 0 aromatic carbocycles. The predicted molar refractivity (Wildman–Crippen MR) is 44.6 cm³/mol. The fraction of sp³-hybridized carbons (Fsp3) is 0.750. The van der Waals surface area contributed by atoms with Gasteiger partial charge in [0.1, 0.15) is 6.61 Å². The lowest BCUT2D eigenvalue weighted by Gasteiger charge is -2.07. The fourth-order valence-corrected chi connectivity index (χ4v) is 0.691. The van der Waals surface area contributed by atoms with E-state index in [1.165, 1.54) is 0 Å². The van der Waals surface area contributed by atoms with Crippen LogP contribution in [0.25, 0.3) is 0 Å². The second-order valence-electron chi connectivity index (χ2n) is 2.51. The molecule has 0 aromatic heterocycles. The third-order valence-electron chi connectivity index (χ3n) is 1.20. The van der Waals surface area contributed by atoms with Crippen LogP contribution < -0.4 is 5.32 Å². The van der Waals surface area contributed by atoms with Crippen LogP contribution in [0.3, 0.4) is 0 Å². The summed E-state index contributed by atoms with van der Waals surface area (Å²) in [4.78, 5) is 0. The van der Waals surface area contributed by atoms with Gasteiger partial charge in [0, 0.05) is 13.2 Å². The molecule has 0 amide bonds. The largest absolute Gasteiger partial charge is 0.411 e. The zero-order valence-corrected chi connectivity index (χ0v) is 7.36. The number of alkyl halides is 3. The third kappa shape index (κ3) is 11.5. The zero-order chi connectivity index (χ0) is 10.2. The highest BCUT2D eigenvalue weighted by Crippen LogP contribution is 2.14. The molecule has 0 aromatic rings. The van der Waals surface area contributed by atoms with E-state index in [1.807, 2.05) is 0 Å². The molecule has 0 bridgehead atoms. The summed E-state index contributed by atoms with van der Waals surface area (Å²) in [5.41, 5.74) is 0. The van der Waals surface area contributed by atoms with Crippen molar-refractivity contribution in [3.63, 3.8) is 0 Å². The molecular weight excluding hydrogens is 183 g/mol. The van der Waals surface area contributed by atoms with E-state index < -0.39 is 12.8 Å². The quantitative estimate of drug-likeness (QED) is 0.495. The lowest BCUT2D eigenvalue weighted by Crippen LogP contribution is -2.20. The molecule has 0 spiro atoms.